The minimum Gasteiger partial charge on any atom is -0.328 e. The van der Waals surface area contributed by atoms with Crippen LogP contribution < -0.4 is 5.73 Å². The van der Waals surface area contributed by atoms with Gasteiger partial charge >= 0.3 is 0 Å². The monoisotopic (exact) mass is 252 g/mol. The molecule has 2 atom stereocenters. The molecule has 2 heteroatoms. The Morgan fingerprint density at radius 3 is 2.17 bits per heavy atom. The van der Waals surface area contributed by atoms with Crippen molar-refractivity contribution in [1.29, 1.82) is 0 Å². The van der Waals surface area contributed by atoms with Gasteiger partial charge < -0.3 is 10.6 Å². The van der Waals surface area contributed by atoms with E-state index in [0.717, 1.165) is 23.9 Å². The van der Waals surface area contributed by atoms with E-state index < -0.39 is 0 Å². The average molecular weight is 252 g/mol. The van der Waals surface area contributed by atoms with E-state index in [1.165, 1.54) is 51.4 Å². The summed E-state index contributed by atoms with van der Waals surface area (Å²) in [6, 6.07) is 2.11. The quantitative estimate of drug-likeness (QED) is 0.834. The van der Waals surface area contributed by atoms with Crippen LogP contribution in [0.15, 0.2) is 0 Å². The van der Waals surface area contributed by atoms with E-state index >= 15 is 0 Å². The lowest BCUT2D eigenvalue weighted by Crippen LogP contribution is -2.49. The van der Waals surface area contributed by atoms with Gasteiger partial charge in [0.25, 0.3) is 0 Å². The zero-order valence-electron chi connectivity index (χ0n) is 12.6. The van der Waals surface area contributed by atoms with E-state index in [1.54, 1.807) is 0 Å². The SMILES string of the molecule is CC(C)C1CCCCC1N(C)C1CCC(N)CC1. The summed E-state index contributed by atoms with van der Waals surface area (Å²) < 4.78 is 0. The lowest BCUT2D eigenvalue weighted by atomic mass is 9.76. The average Bonchev–Trinajstić information content (AvgIpc) is 2.39. The first-order valence-corrected chi connectivity index (χ1v) is 8.07. The third-order valence-corrected chi connectivity index (χ3v) is 5.48. The van der Waals surface area contributed by atoms with E-state index in [2.05, 4.69) is 25.8 Å². The van der Waals surface area contributed by atoms with Crippen molar-refractivity contribution in [3.8, 4) is 0 Å². The molecule has 0 aliphatic heterocycles. The topological polar surface area (TPSA) is 29.3 Å². The van der Waals surface area contributed by atoms with Crippen LogP contribution in [0.1, 0.15) is 65.2 Å². The molecule has 2 N–H and O–H groups in total. The molecular weight excluding hydrogens is 220 g/mol. The van der Waals surface area contributed by atoms with Crippen molar-refractivity contribution >= 4 is 0 Å². The third-order valence-electron chi connectivity index (χ3n) is 5.48. The number of rotatable bonds is 3. The first-order valence-electron chi connectivity index (χ1n) is 8.07. The van der Waals surface area contributed by atoms with Crippen molar-refractivity contribution in [3.63, 3.8) is 0 Å². The van der Waals surface area contributed by atoms with E-state index in [9.17, 15) is 0 Å². The van der Waals surface area contributed by atoms with Crippen LogP contribution in [0.2, 0.25) is 0 Å². The Morgan fingerprint density at radius 2 is 1.56 bits per heavy atom. The molecule has 0 saturated heterocycles. The Hall–Kier alpha value is -0.0800. The Labute approximate surface area is 113 Å². The van der Waals surface area contributed by atoms with Crippen molar-refractivity contribution in [2.24, 2.45) is 17.6 Å². The molecule has 0 aromatic rings. The molecule has 0 amide bonds. The summed E-state index contributed by atoms with van der Waals surface area (Å²) in [6.45, 7) is 4.82. The highest BCUT2D eigenvalue weighted by Gasteiger charge is 2.34. The Kier molecular flexibility index (Phi) is 5.08. The summed E-state index contributed by atoms with van der Waals surface area (Å²) in [7, 11) is 2.38. The summed E-state index contributed by atoms with van der Waals surface area (Å²) in [5, 5.41) is 0. The van der Waals surface area contributed by atoms with Crippen LogP contribution in [0, 0.1) is 11.8 Å². The van der Waals surface area contributed by atoms with Crippen LogP contribution >= 0.6 is 0 Å². The zero-order valence-corrected chi connectivity index (χ0v) is 12.6. The Balaban J connectivity index is 1.95. The molecule has 2 aliphatic rings. The van der Waals surface area contributed by atoms with Crippen molar-refractivity contribution in [2.45, 2.75) is 83.3 Å². The predicted octanol–water partition coefficient (Wildman–Crippen LogP) is 3.40. The fourth-order valence-corrected chi connectivity index (χ4v) is 4.20. The van der Waals surface area contributed by atoms with E-state index in [0.29, 0.717) is 6.04 Å². The molecule has 0 bridgehead atoms. The number of nitrogens with zero attached hydrogens (tertiary/aromatic N) is 1. The maximum atomic E-state index is 6.03. The molecule has 106 valence electrons. The van der Waals surface area contributed by atoms with Crippen molar-refractivity contribution < 1.29 is 0 Å². The molecule has 2 aliphatic carbocycles. The molecule has 0 radical (unpaired) electrons. The highest BCUT2D eigenvalue weighted by molar-refractivity contribution is 4.89. The molecule has 2 fully saturated rings. The predicted molar refractivity (Wildman–Crippen MR) is 78.6 cm³/mol. The molecule has 0 heterocycles. The second-order valence-corrected chi connectivity index (χ2v) is 6.99. The second-order valence-electron chi connectivity index (χ2n) is 6.99. The summed E-state index contributed by atoms with van der Waals surface area (Å²) in [6.07, 6.45) is 10.8. The second kappa shape index (κ2) is 6.38. The first-order chi connectivity index (χ1) is 8.59. The van der Waals surface area contributed by atoms with Gasteiger partial charge in [-0.05, 0) is 57.4 Å². The smallest absolute Gasteiger partial charge is 0.0126 e. The molecule has 2 unspecified atom stereocenters. The van der Waals surface area contributed by atoms with Gasteiger partial charge in [-0.1, -0.05) is 26.7 Å². The van der Waals surface area contributed by atoms with Gasteiger partial charge in [-0.3, -0.25) is 0 Å². The molecule has 18 heavy (non-hydrogen) atoms. The molecule has 2 nitrogen and oxygen atoms in total. The van der Waals surface area contributed by atoms with Crippen LogP contribution in [-0.2, 0) is 0 Å². The first kappa shape index (κ1) is 14.3. The van der Waals surface area contributed by atoms with Crippen LogP contribution in [0.4, 0.5) is 0 Å². The van der Waals surface area contributed by atoms with E-state index in [-0.39, 0.29) is 0 Å². The standard InChI is InChI=1S/C16H32N2/c1-12(2)15-6-4-5-7-16(15)18(3)14-10-8-13(17)9-11-14/h12-16H,4-11,17H2,1-3H3. The number of nitrogens with two attached hydrogens (primary N) is 1. The van der Waals surface area contributed by atoms with E-state index in [1.807, 2.05) is 0 Å². The molecule has 2 rings (SSSR count). The van der Waals surface area contributed by atoms with Crippen LogP contribution in [0.5, 0.6) is 0 Å². The minimum atomic E-state index is 0.474. The minimum absolute atomic E-state index is 0.474. The summed E-state index contributed by atoms with van der Waals surface area (Å²) >= 11 is 0. The highest BCUT2D eigenvalue weighted by atomic mass is 15.2. The summed E-state index contributed by atoms with van der Waals surface area (Å²) in [5.41, 5.74) is 6.03. The van der Waals surface area contributed by atoms with Crippen LogP contribution in [0.25, 0.3) is 0 Å². The summed E-state index contributed by atoms with van der Waals surface area (Å²) in [5.74, 6) is 1.75. The van der Waals surface area contributed by atoms with Gasteiger partial charge in [0.2, 0.25) is 0 Å². The van der Waals surface area contributed by atoms with Gasteiger partial charge in [0, 0.05) is 18.1 Å². The maximum Gasteiger partial charge on any atom is 0.0126 e. The van der Waals surface area contributed by atoms with E-state index in [4.69, 9.17) is 5.73 Å². The van der Waals surface area contributed by atoms with Gasteiger partial charge in [0.05, 0.1) is 0 Å². The third kappa shape index (κ3) is 3.27. The molecule has 0 spiro atoms. The Bertz CT molecular complexity index is 243. The van der Waals surface area contributed by atoms with Crippen molar-refractivity contribution in [3.05, 3.63) is 0 Å². The van der Waals surface area contributed by atoms with Crippen molar-refractivity contribution in [1.82, 2.24) is 4.90 Å². The summed E-state index contributed by atoms with van der Waals surface area (Å²) in [4.78, 5) is 2.73. The number of hydrogen-bond acceptors (Lipinski definition) is 2. The Morgan fingerprint density at radius 1 is 0.944 bits per heavy atom. The fourth-order valence-electron chi connectivity index (χ4n) is 4.20. The van der Waals surface area contributed by atoms with Gasteiger partial charge in [0.1, 0.15) is 0 Å². The lowest BCUT2D eigenvalue weighted by molar-refractivity contribution is 0.0501. The molecule has 0 aromatic carbocycles. The van der Waals surface area contributed by atoms with Gasteiger partial charge in [-0.2, -0.15) is 0 Å². The zero-order chi connectivity index (χ0) is 13.1. The molecular formula is C16H32N2. The number of hydrogen-bond donors (Lipinski definition) is 1. The van der Waals surface area contributed by atoms with Crippen molar-refractivity contribution in [2.75, 3.05) is 7.05 Å². The van der Waals surface area contributed by atoms with Crippen LogP contribution in [0.3, 0.4) is 0 Å². The molecule has 2 saturated carbocycles. The lowest BCUT2D eigenvalue weighted by Gasteiger charge is -2.45. The van der Waals surface area contributed by atoms with Gasteiger partial charge in [-0.25, -0.2) is 0 Å². The van der Waals surface area contributed by atoms with Gasteiger partial charge in [0.15, 0.2) is 0 Å². The van der Waals surface area contributed by atoms with Gasteiger partial charge in [-0.15, -0.1) is 0 Å². The van der Waals surface area contributed by atoms with Crippen LogP contribution in [-0.4, -0.2) is 30.1 Å². The highest BCUT2D eigenvalue weighted by Crippen LogP contribution is 2.35. The fraction of sp³-hybridized carbons (Fsp3) is 1.00. The normalized spacial score (nSPS) is 38.3. The molecule has 0 aromatic heterocycles. The largest absolute Gasteiger partial charge is 0.328 e. The maximum absolute atomic E-state index is 6.03.